The van der Waals surface area contributed by atoms with Crippen molar-refractivity contribution in [2.75, 3.05) is 11.9 Å². The third-order valence-corrected chi connectivity index (χ3v) is 3.98. The number of ketones is 1. The number of amides is 1. The first-order valence-electron chi connectivity index (χ1n) is 8.63. The summed E-state index contributed by atoms with van der Waals surface area (Å²) in [6.45, 7) is 3.82. The van der Waals surface area contributed by atoms with Crippen molar-refractivity contribution in [3.63, 3.8) is 0 Å². The quantitative estimate of drug-likeness (QED) is 0.653. The van der Waals surface area contributed by atoms with E-state index in [1.54, 1.807) is 28.9 Å². The number of aromatic nitrogens is 2. The predicted molar refractivity (Wildman–Crippen MR) is 103 cm³/mol. The number of hydrogen-bond acceptors (Lipinski definition) is 4. The lowest BCUT2D eigenvalue weighted by Crippen LogP contribution is -2.22. The molecule has 0 unspecified atom stereocenters. The molecule has 0 saturated carbocycles. The average molecular weight is 363 g/mol. The zero-order chi connectivity index (χ0) is 19.2. The summed E-state index contributed by atoms with van der Waals surface area (Å²) in [6, 6.07) is 18.4. The summed E-state index contributed by atoms with van der Waals surface area (Å²) in [6.07, 6.45) is 0. The monoisotopic (exact) mass is 363 g/mol. The van der Waals surface area contributed by atoms with E-state index in [-0.39, 0.29) is 18.3 Å². The summed E-state index contributed by atoms with van der Waals surface area (Å²) >= 11 is 0. The standard InChI is InChI=1S/C21H21N3O3/c1-15-12-20(24(23-15)13-17-6-4-3-5-7-17)22-21(26)14-27-19-10-8-18(9-11-19)16(2)25/h3-12H,13-14H2,1-2H3,(H,22,26). The van der Waals surface area contributed by atoms with E-state index in [1.165, 1.54) is 6.92 Å². The van der Waals surface area contributed by atoms with Gasteiger partial charge in [0.2, 0.25) is 0 Å². The van der Waals surface area contributed by atoms with Crippen LogP contribution < -0.4 is 10.1 Å². The number of rotatable bonds is 7. The molecule has 0 atom stereocenters. The van der Waals surface area contributed by atoms with Gasteiger partial charge in [-0.1, -0.05) is 30.3 Å². The molecule has 0 saturated heterocycles. The molecule has 1 amide bonds. The van der Waals surface area contributed by atoms with Gasteiger partial charge in [0.25, 0.3) is 5.91 Å². The molecule has 1 heterocycles. The number of carbonyl (C=O) groups excluding carboxylic acids is 2. The summed E-state index contributed by atoms with van der Waals surface area (Å²) in [5, 5.41) is 7.27. The molecule has 1 aromatic heterocycles. The van der Waals surface area contributed by atoms with Gasteiger partial charge in [-0.25, -0.2) is 4.68 Å². The van der Waals surface area contributed by atoms with Crippen molar-refractivity contribution >= 4 is 17.5 Å². The molecular weight excluding hydrogens is 342 g/mol. The van der Waals surface area contributed by atoms with Crippen molar-refractivity contribution in [2.45, 2.75) is 20.4 Å². The first kappa shape index (κ1) is 18.4. The van der Waals surface area contributed by atoms with Gasteiger partial charge >= 0.3 is 0 Å². The maximum absolute atomic E-state index is 12.2. The zero-order valence-electron chi connectivity index (χ0n) is 15.3. The minimum Gasteiger partial charge on any atom is -0.484 e. The average Bonchev–Trinajstić information content (AvgIpc) is 3.00. The van der Waals surface area contributed by atoms with Crippen molar-refractivity contribution in [3.8, 4) is 5.75 Å². The number of benzene rings is 2. The van der Waals surface area contributed by atoms with Gasteiger partial charge in [0, 0.05) is 11.6 Å². The van der Waals surface area contributed by atoms with Crippen LogP contribution in [0.4, 0.5) is 5.82 Å². The minimum atomic E-state index is -0.278. The van der Waals surface area contributed by atoms with Crippen LogP contribution in [0, 0.1) is 6.92 Å². The molecule has 1 N–H and O–H groups in total. The Hall–Kier alpha value is -3.41. The van der Waals surface area contributed by atoms with Crippen molar-refractivity contribution < 1.29 is 14.3 Å². The van der Waals surface area contributed by atoms with E-state index >= 15 is 0 Å². The lowest BCUT2D eigenvalue weighted by Gasteiger charge is -2.10. The van der Waals surface area contributed by atoms with Crippen LogP contribution in [0.2, 0.25) is 0 Å². The Morgan fingerprint density at radius 3 is 2.44 bits per heavy atom. The number of aryl methyl sites for hydroxylation is 1. The smallest absolute Gasteiger partial charge is 0.263 e. The highest BCUT2D eigenvalue weighted by molar-refractivity contribution is 5.94. The van der Waals surface area contributed by atoms with Crippen LogP contribution >= 0.6 is 0 Å². The molecule has 27 heavy (non-hydrogen) atoms. The molecule has 3 rings (SSSR count). The van der Waals surface area contributed by atoms with Gasteiger partial charge in [0.1, 0.15) is 11.6 Å². The normalized spacial score (nSPS) is 10.4. The van der Waals surface area contributed by atoms with Crippen LogP contribution in [0.15, 0.2) is 60.7 Å². The summed E-state index contributed by atoms with van der Waals surface area (Å²) in [5.74, 6) is 0.863. The van der Waals surface area contributed by atoms with Crippen LogP contribution in [-0.2, 0) is 11.3 Å². The van der Waals surface area contributed by atoms with E-state index in [9.17, 15) is 9.59 Å². The largest absolute Gasteiger partial charge is 0.484 e. The van der Waals surface area contributed by atoms with E-state index < -0.39 is 0 Å². The lowest BCUT2D eigenvalue weighted by atomic mass is 10.1. The third kappa shape index (κ3) is 5.04. The maximum Gasteiger partial charge on any atom is 0.263 e. The van der Waals surface area contributed by atoms with E-state index in [2.05, 4.69) is 10.4 Å². The second-order valence-corrected chi connectivity index (χ2v) is 6.23. The molecule has 2 aromatic carbocycles. The van der Waals surface area contributed by atoms with Crippen molar-refractivity contribution in [2.24, 2.45) is 0 Å². The van der Waals surface area contributed by atoms with Gasteiger partial charge in [0.15, 0.2) is 12.4 Å². The number of nitrogens with one attached hydrogen (secondary N) is 1. The second-order valence-electron chi connectivity index (χ2n) is 6.23. The molecule has 0 radical (unpaired) electrons. The number of carbonyl (C=O) groups is 2. The van der Waals surface area contributed by atoms with Crippen LogP contribution in [-0.4, -0.2) is 28.1 Å². The number of ether oxygens (including phenoxy) is 1. The minimum absolute atomic E-state index is 0.0126. The highest BCUT2D eigenvalue weighted by atomic mass is 16.5. The Labute approximate surface area is 157 Å². The van der Waals surface area contributed by atoms with Crippen LogP contribution in [0.5, 0.6) is 5.75 Å². The van der Waals surface area contributed by atoms with E-state index in [0.717, 1.165) is 11.3 Å². The summed E-state index contributed by atoms with van der Waals surface area (Å²) < 4.78 is 7.24. The fourth-order valence-electron chi connectivity index (χ4n) is 2.64. The number of Topliss-reactive ketones (excluding diaryl/α,β-unsaturated/α-hetero) is 1. The first-order chi connectivity index (χ1) is 13.0. The maximum atomic E-state index is 12.2. The van der Waals surface area contributed by atoms with E-state index in [0.29, 0.717) is 23.7 Å². The summed E-state index contributed by atoms with van der Waals surface area (Å²) in [5.41, 5.74) is 2.52. The highest BCUT2D eigenvalue weighted by Gasteiger charge is 2.11. The summed E-state index contributed by atoms with van der Waals surface area (Å²) in [7, 11) is 0. The number of hydrogen-bond donors (Lipinski definition) is 1. The van der Waals surface area contributed by atoms with Gasteiger partial charge in [-0.05, 0) is 43.7 Å². The van der Waals surface area contributed by atoms with Crippen molar-refractivity contribution in [1.29, 1.82) is 0 Å². The molecule has 6 heteroatoms. The number of anilines is 1. The Morgan fingerprint density at radius 2 is 1.78 bits per heavy atom. The molecule has 0 aliphatic carbocycles. The Bertz CT molecular complexity index is 931. The molecular formula is C21H21N3O3. The van der Waals surface area contributed by atoms with Gasteiger partial charge < -0.3 is 10.1 Å². The topological polar surface area (TPSA) is 73.2 Å². The Balaban J connectivity index is 1.60. The molecule has 6 nitrogen and oxygen atoms in total. The van der Waals surface area contributed by atoms with Gasteiger partial charge in [-0.15, -0.1) is 0 Å². The van der Waals surface area contributed by atoms with Gasteiger partial charge in [-0.3, -0.25) is 9.59 Å². The van der Waals surface area contributed by atoms with E-state index in [1.807, 2.05) is 43.3 Å². The molecule has 0 aliphatic rings. The first-order valence-corrected chi connectivity index (χ1v) is 8.63. The van der Waals surface area contributed by atoms with Crippen LogP contribution in [0.25, 0.3) is 0 Å². The molecule has 0 fully saturated rings. The highest BCUT2D eigenvalue weighted by Crippen LogP contribution is 2.15. The fraction of sp³-hybridized carbons (Fsp3) is 0.190. The molecule has 0 spiro atoms. The van der Waals surface area contributed by atoms with Crippen LogP contribution in [0.3, 0.4) is 0 Å². The van der Waals surface area contributed by atoms with Crippen molar-refractivity contribution in [3.05, 3.63) is 77.5 Å². The molecule has 0 bridgehead atoms. The summed E-state index contributed by atoms with van der Waals surface area (Å²) in [4.78, 5) is 23.5. The predicted octanol–water partition coefficient (Wildman–Crippen LogP) is 3.46. The van der Waals surface area contributed by atoms with Gasteiger partial charge in [0.05, 0.1) is 12.2 Å². The van der Waals surface area contributed by atoms with Gasteiger partial charge in [-0.2, -0.15) is 5.10 Å². The third-order valence-electron chi connectivity index (χ3n) is 3.98. The molecule has 3 aromatic rings. The Morgan fingerprint density at radius 1 is 1.07 bits per heavy atom. The molecule has 138 valence electrons. The van der Waals surface area contributed by atoms with Crippen molar-refractivity contribution in [1.82, 2.24) is 9.78 Å². The SMILES string of the molecule is CC(=O)c1ccc(OCC(=O)Nc2cc(C)nn2Cc2ccccc2)cc1. The molecule has 0 aliphatic heterocycles. The number of nitrogens with zero attached hydrogens (tertiary/aromatic N) is 2. The van der Waals surface area contributed by atoms with Crippen LogP contribution in [0.1, 0.15) is 28.5 Å². The lowest BCUT2D eigenvalue weighted by molar-refractivity contribution is -0.118. The Kier molecular flexibility index (Phi) is 5.66. The zero-order valence-corrected chi connectivity index (χ0v) is 15.3. The fourth-order valence-corrected chi connectivity index (χ4v) is 2.64. The van der Waals surface area contributed by atoms with E-state index in [4.69, 9.17) is 4.74 Å². The second kappa shape index (κ2) is 8.31.